The number of fused-ring (bicyclic) bond motifs is 1. The van der Waals surface area contributed by atoms with Gasteiger partial charge in [0.25, 0.3) is 0 Å². The molecule has 3 rings (SSSR count). The summed E-state index contributed by atoms with van der Waals surface area (Å²) < 4.78 is 33.5. The Bertz CT molecular complexity index is 624. The standard InChI is InChI=1S/C13H14N3O2.ClHO4/c17-14-10-12-6-4-5-9-15(12)16(18,11-14)13-7-2-1-3-8-13;2-1(3,4)5/h1-10,17-18H,11H2;(H,2,3,4,5)/q+1;/p-1. The minimum atomic E-state index is -4.94. The molecule has 0 aliphatic carbocycles. The number of benzene rings is 1. The van der Waals surface area contributed by atoms with Crippen LogP contribution in [0.1, 0.15) is 0 Å². The maximum atomic E-state index is 10.8. The zero-order valence-corrected chi connectivity index (χ0v) is 12.5. The molecular formula is C13H14ClN3O6. The molecule has 1 aromatic carbocycles. The van der Waals surface area contributed by atoms with Gasteiger partial charge in [0.2, 0.25) is 6.67 Å². The molecule has 124 valence electrons. The zero-order chi connectivity index (χ0) is 17.1. The lowest BCUT2D eigenvalue weighted by Gasteiger charge is -2.42. The Balaban J connectivity index is 0.000000338. The second kappa shape index (κ2) is 6.66. The summed E-state index contributed by atoms with van der Waals surface area (Å²) in [5.41, 5.74) is 1.40. The fourth-order valence-corrected chi connectivity index (χ4v) is 2.19. The topological polar surface area (TPSA) is 139 Å². The van der Waals surface area contributed by atoms with Crippen LogP contribution in [-0.4, -0.2) is 27.2 Å². The predicted octanol–water partition coefficient (Wildman–Crippen LogP) is -2.57. The van der Waals surface area contributed by atoms with E-state index in [-0.39, 0.29) is 6.67 Å². The summed E-state index contributed by atoms with van der Waals surface area (Å²) >= 11 is 0. The number of allylic oxidation sites excluding steroid dienone is 3. The molecule has 1 unspecified atom stereocenters. The van der Waals surface area contributed by atoms with E-state index >= 15 is 0 Å². The van der Waals surface area contributed by atoms with E-state index in [2.05, 4.69) is 0 Å². The molecule has 1 atom stereocenters. The molecular weight excluding hydrogens is 330 g/mol. The summed E-state index contributed by atoms with van der Waals surface area (Å²) in [7, 11) is -4.94. The highest BCUT2D eigenvalue weighted by Crippen LogP contribution is 2.31. The van der Waals surface area contributed by atoms with Crippen molar-refractivity contribution in [1.29, 1.82) is 0 Å². The molecule has 0 aromatic heterocycles. The van der Waals surface area contributed by atoms with Crippen LogP contribution >= 0.6 is 0 Å². The molecule has 10 heteroatoms. The number of nitrogens with zero attached hydrogens (tertiary/aromatic N) is 3. The maximum absolute atomic E-state index is 10.8. The fourth-order valence-electron chi connectivity index (χ4n) is 2.19. The van der Waals surface area contributed by atoms with Crippen LogP contribution in [0.2, 0.25) is 0 Å². The Morgan fingerprint density at radius 3 is 2.26 bits per heavy atom. The van der Waals surface area contributed by atoms with Crippen LogP contribution in [-0.2, 0) is 0 Å². The van der Waals surface area contributed by atoms with Crippen molar-refractivity contribution < 1.29 is 39.3 Å². The summed E-state index contributed by atoms with van der Waals surface area (Å²) in [5.74, 6) is 0. The van der Waals surface area contributed by atoms with Crippen LogP contribution in [0.3, 0.4) is 0 Å². The Morgan fingerprint density at radius 1 is 1.04 bits per heavy atom. The summed E-state index contributed by atoms with van der Waals surface area (Å²) in [5, 5.41) is 23.3. The quantitative estimate of drug-likeness (QED) is 0.530. The van der Waals surface area contributed by atoms with E-state index < -0.39 is 15.0 Å². The van der Waals surface area contributed by atoms with E-state index in [0.29, 0.717) is 5.69 Å². The van der Waals surface area contributed by atoms with Crippen LogP contribution in [0.5, 0.6) is 0 Å². The molecule has 0 bridgehead atoms. The maximum Gasteiger partial charge on any atom is 0.236 e. The highest BCUT2D eigenvalue weighted by molar-refractivity contribution is 5.43. The monoisotopic (exact) mass is 343 g/mol. The van der Waals surface area contributed by atoms with E-state index in [1.807, 2.05) is 48.6 Å². The normalized spacial score (nSPS) is 23.0. The molecule has 2 aliphatic rings. The fraction of sp³-hybridized carbons (Fsp3) is 0.0769. The van der Waals surface area contributed by atoms with E-state index in [9.17, 15) is 10.4 Å². The highest BCUT2D eigenvalue weighted by atomic mass is 35.7. The molecule has 2 N–H and O–H groups in total. The SMILES string of the molecule is ON1C=C2C=CC=CN2[N+](O)(c2ccccc2)C1.[O-][Cl+3]([O-])([O-])[O-]. The first-order chi connectivity index (χ1) is 10.7. The van der Waals surface area contributed by atoms with E-state index in [1.165, 1.54) is 0 Å². The molecule has 23 heavy (non-hydrogen) atoms. The van der Waals surface area contributed by atoms with Crippen LogP contribution in [0, 0.1) is 10.2 Å². The second-order valence-electron chi connectivity index (χ2n) is 4.62. The Kier molecular flexibility index (Phi) is 5.04. The van der Waals surface area contributed by atoms with Crippen molar-refractivity contribution >= 4 is 5.69 Å². The van der Waals surface area contributed by atoms with Gasteiger partial charge < -0.3 is 0 Å². The van der Waals surface area contributed by atoms with Gasteiger partial charge >= 0.3 is 0 Å². The number of hydrogen-bond donors (Lipinski definition) is 2. The van der Waals surface area contributed by atoms with E-state index in [0.717, 1.165) is 10.8 Å². The zero-order valence-electron chi connectivity index (χ0n) is 11.7. The van der Waals surface area contributed by atoms with Crippen molar-refractivity contribution in [2.45, 2.75) is 0 Å². The smallest absolute Gasteiger partial charge is 0.236 e. The Morgan fingerprint density at radius 2 is 1.65 bits per heavy atom. The van der Waals surface area contributed by atoms with Gasteiger partial charge in [-0.25, -0.2) is 23.7 Å². The average Bonchev–Trinajstić information content (AvgIpc) is 2.46. The molecule has 0 amide bonds. The third kappa shape index (κ3) is 4.51. The first-order valence-corrected chi connectivity index (χ1v) is 7.54. The summed E-state index contributed by atoms with van der Waals surface area (Å²) in [4.78, 5) is 0. The van der Waals surface area contributed by atoms with Gasteiger partial charge in [0.1, 0.15) is 5.70 Å². The molecule has 1 aromatic rings. The number of para-hydroxylation sites is 1. The number of halogens is 1. The molecule has 9 nitrogen and oxygen atoms in total. The van der Waals surface area contributed by atoms with Crippen molar-refractivity contribution in [3.8, 4) is 0 Å². The number of hydrogen-bond acceptors (Lipinski definition) is 8. The minimum Gasteiger partial charge on any atom is -0.284 e. The largest absolute Gasteiger partial charge is 0.284 e. The number of hydroxylamine groups is 3. The van der Waals surface area contributed by atoms with Crippen molar-refractivity contribution in [2.24, 2.45) is 0 Å². The van der Waals surface area contributed by atoms with Crippen LogP contribution in [0.25, 0.3) is 0 Å². The first-order valence-electron chi connectivity index (χ1n) is 6.30. The first kappa shape index (κ1) is 17.4. The van der Waals surface area contributed by atoms with Gasteiger partial charge in [0.05, 0.1) is 12.4 Å². The average molecular weight is 344 g/mol. The van der Waals surface area contributed by atoms with Gasteiger partial charge in [0, 0.05) is 12.1 Å². The predicted molar refractivity (Wildman–Crippen MR) is 66.7 cm³/mol. The molecule has 0 spiro atoms. The molecule has 2 heterocycles. The summed E-state index contributed by atoms with van der Waals surface area (Å²) in [6.07, 6.45) is 8.89. The van der Waals surface area contributed by atoms with Crippen molar-refractivity contribution in [1.82, 2.24) is 14.8 Å². The van der Waals surface area contributed by atoms with E-state index in [4.69, 9.17) is 18.6 Å². The van der Waals surface area contributed by atoms with Gasteiger partial charge in [0.15, 0.2) is 5.69 Å². The van der Waals surface area contributed by atoms with Gasteiger partial charge in [-0.3, -0.25) is 5.21 Å². The van der Waals surface area contributed by atoms with E-state index in [1.54, 1.807) is 17.4 Å². The Labute approximate surface area is 134 Å². The molecule has 0 fully saturated rings. The van der Waals surface area contributed by atoms with Crippen LogP contribution in [0.4, 0.5) is 5.69 Å². The van der Waals surface area contributed by atoms with Crippen molar-refractivity contribution in [2.75, 3.05) is 6.67 Å². The van der Waals surface area contributed by atoms with Gasteiger partial charge in [-0.15, -0.1) is 10.2 Å². The lowest BCUT2D eigenvalue weighted by molar-refractivity contribution is -2.00. The Hall–Kier alpha value is -1.95. The molecule has 0 saturated heterocycles. The van der Waals surface area contributed by atoms with Crippen molar-refractivity contribution in [3.63, 3.8) is 0 Å². The molecule has 0 saturated carbocycles. The molecule has 2 aliphatic heterocycles. The second-order valence-corrected chi connectivity index (χ2v) is 5.38. The van der Waals surface area contributed by atoms with Crippen LogP contribution in [0.15, 0.2) is 66.7 Å². The lowest BCUT2D eigenvalue weighted by atomic mass is 10.2. The van der Waals surface area contributed by atoms with Crippen molar-refractivity contribution in [3.05, 3.63) is 66.7 Å². The number of rotatable bonds is 1. The van der Waals surface area contributed by atoms with Crippen LogP contribution < -0.4 is 23.4 Å². The highest BCUT2D eigenvalue weighted by Gasteiger charge is 2.42. The number of quaternary nitrogens is 1. The third-order valence-corrected chi connectivity index (χ3v) is 3.02. The summed E-state index contributed by atoms with van der Waals surface area (Å²) in [6, 6.07) is 9.24. The molecule has 0 radical (unpaired) electrons. The van der Waals surface area contributed by atoms with Gasteiger partial charge in [-0.1, -0.05) is 24.3 Å². The van der Waals surface area contributed by atoms with Gasteiger partial charge in [-0.05, 0) is 16.9 Å². The summed E-state index contributed by atoms with van der Waals surface area (Å²) in [6.45, 7) is 0.0334. The van der Waals surface area contributed by atoms with Gasteiger partial charge in [-0.2, -0.15) is 10.2 Å². The minimum absolute atomic E-state index is 0.0334. The lowest BCUT2D eigenvalue weighted by Crippen LogP contribution is -2.68. The third-order valence-electron chi connectivity index (χ3n) is 3.02.